The number of methoxy groups -OCH3 is 1. The van der Waals surface area contributed by atoms with Gasteiger partial charge >= 0.3 is 0 Å². The van der Waals surface area contributed by atoms with Crippen molar-refractivity contribution in [3.8, 4) is 0 Å². The van der Waals surface area contributed by atoms with Gasteiger partial charge in [-0.1, -0.05) is 25.5 Å². The summed E-state index contributed by atoms with van der Waals surface area (Å²) in [5.74, 6) is -0.00924. The minimum Gasteiger partial charge on any atom is -0.384 e. The molecule has 1 aliphatic rings. The van der Waals surface area contributed by atoms with Crippen LogP contribution >= 0.6 is 12.4 Å². The minimum absolute atomic E-state index is 0. The molecule has 152 valence electrons. The maximum absolute atomic E-state index is 12.7. The Hall–Kier alpha value is -1.63. The summed E-state index contributed by atoms with van der Waals surface area (Å²) in [6.07, 6.45) is 3.60. The Bertz CT molecular complexity index is 581. The van der Waals surface area contributed by atoms with Crippen LogP contribution < -0.4 is 16.0 Å². The fraction of sp³-hybridized carbons (Fsp3) is 0.600. The number of ether oxygens (including phenoxy) is 1. The number of benzene rings is 1. The Morgan fingerprint density at radius 3 is 2.41 bits per heavy atom. The summed E-state index contributed by atoms with van der Waals surface area (Å²) in [6.45, 7) is 5.35. The van der Waals surface area contributed by atoms with Crippen molar-refractivity contribution < 1.29 is 14.3 Å². The number of unbranched alkanes of at least 4 members (excludes halogenated alkanes) is 1. The van der Waals surface area contributed by atoms with E-state index in [0.29, 0.717) is 25.3 Å². The van der Waals surface area contributed by atoms with Crippen LogP contribution in [0.1, 0.15) is 48.5 Å². The van der Waals surface area contributed by atoms with E-state index in [2.05, 4.69) is 22.9 Å². The highest BCUT2D eigenvalue weighted by Crippen LogP contribution is 2.29. The number of nitrogens with one attached hydrogen (secondary N) is 3. The van der Waals surface area contributed by atoms with E-state index in [0.717, 1.165) is 44.3 Å². The van der Waals surface area contributed by atoms with Crippen molar-refractivity contribution in [1.29, 1.82) is 0 Å². The first-order valence-electron chi connectivity index (χ1n) is 9.46. The van der Waals surface area contributed by atoms with Gasteiger partial charge in [0.15, 0.2) is 0 Å². The summed E-state index contributed by atoms with van der Waals surface area (Å²) in [5.41, 5.74) is 1.18. The summed E-state index contributed by atoms with van der Waals surface area (Å²) >= 11 is 0. The Morgan fingerprint density at radius 1 is 1.15 bits per heavy atom. The topological polar surface area (TPSA) is 79.5 Å². The fourth-order valence-corrected chi connectivity index (χ4v) is 3.24. The third kappa shape index (κ3) is 6.79. The highest BCUT2D eigenvalue weighted by atomic mass is 35.5. The molecule has 6 nitrogen and oxygen atoms in total. The molecule has 1 aromatic rings. The number of hydrogen-bond donors (Lipinski definition) is 3. The number of carbonyl (C=O) groups is 2. The zero-order valence-corrected chi connectivity index (χ0v) is 17.1. The van der Waals surface area contributed by atoms with Crippen molar-refractivity contribution in [2.75, 3.05) is 33.4 Å². The van der Waals surface area contributed by atoms with Crippen LogP contribution in [0.15, 0.2) is 24.3 Å². The van der Waals surface area contributed by atoms with Crippen LogP contribution in [0, 0.1) is 5.41 Å². The van der Waals surface area contributed by atoms with Gasteiger partial charge in [0.1, 0.15) is 0 Å². The van der Waals surface area contributed by atoms with Crippen LogP contribution in [-0.2, 0) is 16.1 Å². The van der Waals surface area contributed by atoms with E-state index in [9.17, 15) is 9.59 Å². The van der Waals surface area contributed by atoms with E-state index in [-0.39, 0.29) is 24.2 Å². The summed E-state index contributed by atoms with van der Waals surface area (Å²) in [7, 11) is 1.64. The van der Waals surface area contributed by atoms with Crippen LogP contribution in [0.3, 0.4) is 0 Å². The summed E-state index contributed by atoms with van der Waals surface area (Å²) in [5, 5.41) is 9.23. The number of amides is 2. The standard InChI is InChI=1S/C20H31N3O3.ClH/c1-3-4-11-22-18(24)17-7-5-16(6-8-17)14-23-19(25)20(15-26-2)9-12-21-13-10-20;/h5-8,21H,3-4,9-15H2,1-2H3,(H,22,24)(H,23,25);1H. The zero-order valence-electron chi connectivity index (χ0n) is 16.3. The van der Waals surface area contributed by atoms with Crippen LogP contribution in [-0.4, -0.2) is 45.2 Å². The zero-order chi connectivity index (χ0) is 18.8. The average molecular weight is 398 g/mol. The second-order valence-corrected chi connectivity index (χ2v) is 6.95. The van der Waals surface area contributed by atoms with E-state index < -0.39 is 5.41 Å². The van der Waals surface area contributed by atoms with E-state index in [4.69, 9.17) is 4.74 Å². The maximum atomic E-state index is 12.7. The maximum Gasteiger partial charge on any atom is 0.251 e. The molecule has 1 fully saturated rings. The molecule has 1 aliphatic heterocycles. The predicted molar refractivity (Wildman–Crippen MR) is 109 cm³/mol. The van der Waals surface area contributed by atoms with Gasteiger partial charge in [-0.2, -0.15) is 0 Å². The second kappa shape index (κ2) is 12.0. The van der Waals surface area contributed by atoms with Gasteiger partial charge in [-0.25, -0.2) is 0 Å². The van der Waals surface area contributed by atoms with Crippen LogP contribution in [0.5, 0.6) is 0 Å². The van der Waals surface area contributed by atoms with Crippen LogP contribution in [0.2, 0.25) is 0 Å². The molecule has 0 atom stereocenters. The molecular weight excluding hydrogens is 366 g/mol. The molecule has 0 aliphatic carbocycles. The largest absolute Gasteiger partial charge is 0.384 e. The smallest absolute Gasteiger partial charge is 0.251 e. The molecule has 0 unspecified atom stereocenters. The normalized spacial score (nSPS) is 15.5. The number of carbonyl (C=O) groups excluding carboxylic acids is 2. The molecule has 0 aromatic heterocycles. The molecule has 0 spiro atoms. The van der Waals surface area contributed by atoms with Gasteiger partial charge in [0.05, 0.1) is 12.0 Å². The number of piperidine rings is 1. The van der Waals surface area contributed by atoms with Crippen molar-refractivity contribution in [2.24, 2.45) is 5.41 Å². The third-order valence-corrected chi connectivity index (χ3v) is 4.95. The van der Waals surface area contributed by atoms with Gasteiger partial charge in [0.2, 0.25) is 5.91 Å². The second-order valence-electron chi connectivity index (χ2n) is 6.95. The fourth-order valence-electron chi connectivity index (χ4n) is 3.24. The molecule has 0 saturated carbocycles. The summed E-state index contributed by atoms with van der Waals surface area (Å²) < 4.78 is 5.31. The molecule has 0 bridgehead atoms. The number of rotatable bonds is 9. The molecule has 1 aromatic carbocycles. The quantitative estimate of drug-likeness (QED) is 0.558. The number of hydrogen-bond acceptors (Lipinski definition) is 4. The Kier molecular flexibility index (Phi) is 10.4. The van der Waals surface area contributed by atoms with Gasteiger partial charge in [-0.3, -0.25) is 9.59 Å². The van der Waals surface area contributed by atoms with Crippen molar-refractivity contribution in [3.05, 3.63) is 35.4 Å². The van der Waals surface area contributed by atoms with Gasteiger partial charge in [0, 0.05) is 25.8 Å². The predicted octanol–water partition coefficient (Wildman–Crippen LogP) is 2.27. The third-order valence-electron chi connectivity index (χ3n) is 4.95. The van der Waals surface area contributed by atoms with Crippen molar-refractivity contribution in [2.45, 2.75) is 39.2 Å². The molecule has 2 rings (SSSR count). The Balaban J connectivity index is 0.00000364. The highest BCUT2D eigenvalue weighted by Gasteiger charge is 2.39. The molecule has 1 saturated heterocycles. The lowest BCUT2D eigenvalue weighted by molar-refractivity contribution is -0.136. The Morgan fingerprint density at radius 2 is 1.81 bits per heavy atom. The van der Waals surface area contributed by atoms with E-state index in [1.54, 1.807) is 19.2 Å². The van der Waals surface area contributed by atoms with Crippen LogP contribution in [0.25, 0.3) is 0 Å². The first kappa shape index (κ1) is 23.4. The molecule has 7 heteroatoms. The average Bonchev–Trinajstić information content (AvgIpc) is 2.67. The summed E-state index contributed by atoms with van der Waals surface area (Å²) in [4.78, 5) is 24.7. The minimum atomic E-state index is -0.445. The highest BCUT2D eigenvalue weighted by molar-refractivity contribution is 5.94. The summed E-state index contributed by atoms with van der Waals surface area (Å²) in [6, 6.07) is 7.39. The number of halogens is 1. The molecule has 2 amide bonds. The van der Waals surface area contributed by atoms with Crippen molar-refractivity contribution >= 4 is 24.2 Å². The lowest BCUT2D eigenvalue weighted by atomic mass is 9.78. The van der Waals surface area contributed by atoms with Crippen molar-refractivity contribution in [3.63, 3.8) is 0 Å². The first-order chi connectivity index (χ1) is 12.6. The van der Waals surface area contributed by atoms with Gasteiger partial charge in [-0.05, 0) is 50.0 Å². The van der Waals surface area contributed by atoms with Gasteiger partial charge in [0.25, 0.3) is 5.91 Å². The Labute approximate surface area is 168 Å². The van der Waals surface area contributed by atoms with E-state index in [1.165, 1.54) is 0 Å². The van der Waals surface area contributed by atoms with Crippen LogP contribution in [0.4, 0.5) is 0 Å². The monoisotopic (exact) mass is 397 g/mol. The molecule has 27 heavy (non-hydrogen) atoms. The molecule has 1 heterocycles. The SMILES string of the molecule is CCCCNC(=O)c1ccc(CNC(=O)C2(COC)CCNCC2)cc1.Cl. The van der Waals surface area contributed by atoms with Gasteiger partial charge < -0.3 is 20.7 Å². The molecule has 0 radical (unpaired) electrons. The van der Waals surface area contributed by atoms with Crippen molar-refractivity contribution in [1.82, 2.24) is 16.0 Å². The molecular formula is C20H32ClN3O3. The van der Waals surface area contributed by atoms with Gasteiger partial charge in [-0.15, -0.1) is 12.4 Å². The first-order valence-corrected chi connectivity index (χ1v) is 9.46. The lowest BCUT2D eigenvalue weighted by Crippen LogP contribution is -2.49. The molecule has 3 N–H and O–H groups in total. The van der Waals surface area contributed by atoms with E-state index in [1.807, 2.05) is 12.1 Å². The van der Waals surface area contributed by atoms with E-state index >= 15 is 0 Å². The lowest BCUT2D eigenvalue weighted by Gasteiger charge is -2.35.